The Bertz CT molecular complexity index is 623. The summed E-state index contributed by atoms with van der Waals surface area (Å²) in [5.74, 6) is 0.931. The van der Waals surface area contributed by atoms with Crippen molar-refractivity contribution in [2.45, 2.75) is 6.61 Å². The molecule has 0 fully saturated rings. The predicted octanol–water partition coefficient (Wildman–Crippen LogP) is 2.93. The molecule has 96 valence electrons. The zero-order valence-corrected chi connectivity index (χ0v) is 10.9. The van der Waals surface area contributed by atoms with Gasteiger partial charge in [0.25, 0.3) is 0 Å². The molecule has 0 atom stereocenters. The first-order valence-electron chi connectivity index (χ1n) is 6.36. The van der Waals surface area contributed by atoms with E-state index in [0.29, 0.717) is 13.2 Å². The smallest absolute Gasteiger partial charge is 0.120 e. The number of nitrogens with zero attached hydrogens (tertiary/aromatic N) is 2. The maximum atomic E-state index is 5.79. The van der Waals surface area contributed by atoms with Crippen LogP contribution in [0.1, 0.15) is 11.3 Å². The summed E-state index contributed by atoms with van der Waals surface area (Å²) in [6.07, 6.45) is 4.05. The zero-order valence-electron chi connectivity index (χ0n) is 10.9. The van der Waals surface area contributed by atoms with E-state index in [1.807, 2.05) is 43.6 Å². The van der Waals surface area contributed by atoms with E-state index < -0.39 is 0 Å². The molecule has 3 nitrogen and oxygen atoms in total. The van der Waals surface area contributed by atoms with E-state index in [9.17, 15) is 0 Å². The van der Waals surface area contributed by atoms with Crippen LogP contribution in [-0.4, -0.2) is 16.8 Å². The highest BCUT2D eigenvalue weighted by Gasteiger charge is 2.13. The third-order valence-corrected chi connectivity index (χ3v) is 3.18. The second kappa shape index (κ2) is 5.14. The Morgan fingerprint density at radius 3 is 2.74 bits per heavy atom. The first-order valence-corrected chi connectivity index (χ1v) is 6.36. The highest BCUT2D eigenvalue weighted by atomic mass is 16.5. The molecule has 0 bridgehead atoms. The second-order valence-electron chi connectivity index (χ2n) is 4.59. The van der Waals surface area contributed by atoms with Crippen molar-refractivity contribution in [2.75, 3.05) is 6.54 Å². The minimum atomic E-state index is 0.600. The lowest BCUT2D eigenvalue weighted by Gasteiger charge is -2.05. The molecule has 2 aromatic rings. The van der Waals surface area contributed by atoms with Gasteiger partial charge in [-0.15, -0.1) is 0 Å². The van der Waals surface area contributed by atoms with Crippen molar-refractivity contribution in [3.8, 4) is 0 Å². The van der Waals surface area contributed by atoms with E-state index in [0.717, 1.165) is 17.2 Å². The largest absolute Gasteiger partial charge is 0.491 e. The van der Waals surface area contributed by atoms with Crippen LogP contribution in [-0.2, 0) is 18.4 Å². The number of hydrogen-bond donors (Lipinski definition) is 0. The van der Waals surface area contributed by atoms with Crippen LogP contribution in [0.2, 0.25) is 0 Å². The Hall–Kier alpha value is -2.29. The van der Waals surface area contributed by atoms with Gasteiger partial charge in [-0.2, -0.15) is 0 Å². The van der Waals surface area contributed by atoms with Gasteiger partial charge in [-0.25, -0.2) is 0 Å². The van der Waals surface area contributed by atoms with Crippen LogP contribution in [0.15, 0.2) is 65.5 Å². The van der Waals surface area contributed by atoms with Gasteiger partial charge in [0.05, 0.1) is 18.0 Å². The van der Waals surface area contributed by atoms with Crippen molar-refractivity contribution in [1.82, 2.24) is 4.57 Å². The first kappa shape index (κ1) is 11.8. The van der Waals surface area contributed by atoms with Crippen LogP contribution in [0.25, 0.3) is 0 Å². The minimum absolute atomic E-state index is 0.600. The van der Waals surface area contributed by atoms with Crippen molar-refractivity contribution in [2.24, 2.45) is 12.0 Å². The molecule has 0 spiro atoms. The first-order chi connectivity index (χ1) is 9.33. The summed E-state index contributed by atoms with van der Waals surface area (Å²) in [5, 5.41) is 0. The molecule has 3 heteroatoms. The van der Waals surface area contributed by atoms with Gasteiger partial charge in [-0.05, 0) is 17.7 Å². The molecular formula is C16H16N2O. The molecule has 3 rings (SSSR count). The Labute approximate surface area is 112 Å². The fraction of sp³-hybridized carbons (Fsp3) is 0.188. The highest BCUT2D eigenvalue weighted by molar-refractivity contribution is 6.09. The molecule has 2 heterocycles. The standard InChI is InChI=1S/C16H16N2O/c1-18-9-5-8-16(18)15-10-14(11-17-15)19-12-13-6-3-2-4-7-13/h2-10H,11-12H2,1H3. The molecule has 1 aromatic heterocycles. The van der Waals surface area contributed by atoms with Crippen molar-refractivity contribution in [3.05, 3.63) is 71.8 Å². The summed E-state index contributed by atoms with van der Waals surface area (Å²) in [5.41, 5.74) is 3.30. The lowest BCUT2D eigenvalue weighted by atomic mass is 10.2. The van der Waals surface area contributed by atoms with Gasteiger partial charge in [-0.3, -0.25) is 4.99 Å². The summed E-state index contributed by atoms with van der Waals surface area (Å²) in [4.78, 5) is 4.51. The second-order valence-corrected chi connectivity index (χ2v) is 4.59. The van der Waals surface area contributed by atoms with E-state index in [1.54, 1.807) is 0 Å². The number of aryl methyl sites for hydroxylation is 1. The average Bonchev–Trinajstić information content (AvgIpc) is 3.06. The van der Waals surface area contributed by atoms with Crippen molar-refractivity contribution in [1.29, 1.82) is 0 Å². The fourth-order valence-corrected chi connectivity index (χ4v) is 2.13. The summed E-state index contributed by atoms with van der Waals surface area (Å²) in [7, 11) is 2.02. The SMILES string of the molecule is Cn1cccc1C1=NCC(OCc2ccccc2)=C1. The molecule has 0 radical (unpaired) electrons. The van der Waals surface area contributed by atoms with Gasteiger partial charge in [0.1, 0.15) is 12.4 Å². The minimum Gasteiger partial charge on any atom is -0.491 e. The molecule has 19 heavy (non-hydrogen) atoms. The van der Waals surface area contributed by atoms with E-state index in [1.165, 1.54) is 5.56 Å². The predicted molar refractivity (Wildman–Crippen MR) is 76.1 cm³/mol. The Morgan fingerprint density at radius 1 is 1.16 bits per heavy atom. The van der Waals surface area contributed by atoms with Gasteiger partial charge in [-0.1, -0.05) is 30.3 Å². The van der Waals surface area contributed by atoms with Crippen molar-refractivity contribution in [3.63, 3.8) is 0 Å². The monoisotopic (exact) mass is 252 g/mol. The maximum absolute atomic E-state index is 5.79. The highest BCUT2D eigenvalue weighted by Crippen LogP contribution is 2.15. The number of aliphatic imine (C=N–C) groups is 1. The molecule has 0 unspecified atom stereocenters. The number of benzene rings is 1. The maximum Gasteiger partial charge on any atom is 0.120 e. The number of allylic oxidation sites excluding steroid dienone is 1. The summed E-state index contributed by atoms with van der Waals surface area (Å²) in [6.45, 7) is 1.23. The number of hydrogen-bond acceptors (Lipinski definition) is 2. The van der Waals surface area contributed by atoms with Crippen LogP contribution in [0.4, 0.5) is 0 Å². The van der Waals surface area contributed by atoms with Gasteiger partial charge < -0.3 is 9.30 Å². The molecule has 0 amide bonds. The van der Waals surface area contributed by atoms with Crippen LogP contribution in [0, 0.1) is 0 Å². The summed E-state index contributed by atoms with van der Waals surface area (Å²) >= 11 is 0. The number of rotatable bonds is 4. The van der Waals surface area contributed by atoms with Crippen LogP contribution in [0.5, 0.6) is 0 Å². The molecule has 0 N–H and O–H groups in total. The molecular weight excluding hydrogens is 236 g/mol. The van der Waals surface area contributed by atoms with Gasteiger partial charge in [0, 0.05) is 19.3 Å². The van der Waals surface area contributed by atoms with Gasteiger partial charge in [0.2, 0.25) is 0 Å². The quantitative estimate of drug-likeness (QED) is 0.821. The van der Waals surface area contributed by atoms with Gasteiger partial charge in [0.15, 0.2) is 0 Å². The zero-order chi connectivity index (χ0) is 13.1. The number of aromatic nitrogens is 1. The van der Waals surface area contributed by atoms with E-state index in [4.69, 9.17) is 4.74 Å². The molecule has 0 saturated carbocycles. The molecule has 0 aliphatic carbocycles. The Kier molecular flexibility index (Phi) is 3.19. The molecule has 1 aromatic carbocycles. The normalized spacial score (nSPS) is 14.2. The Balaban J connectivity index is 1.65. The molecule has 0 saturated heterocycles. The van der Waals surface area contributed by atoms with E-state index >= 15 is 0 Å². The molecule has 1 aliphatic rings. The lowest BCUT2D eigenvalue weighted by Crippen LogP contribution is -2.01. The van der Waals surface area contributed by atoms with Crippen molar-refractivity contribution >= 4 is 5.71 Å². The summed E-state index contributed by atoms with van der Waals surface area (Å²) in [6, 6.07) is 14.3. The third kappa shape index (κ3) is 2.60. The van der Waals surface area contributed by atoms with Crippen LogP contribution >= 0.6 is 0 Å². The van der Waals surface area contributed by atoms with Crippen LogP contribution in [0.3, 0.4) is 0 Å². The average molecular weight is 252 g/mol. The Morgan fingerprint density at radius 2 is 2.00 bits per heavy atom. The molecule has 1 aliphatic heterocycles. The lowest BCUT2D eigenvalue weighted by molar-refractivity contribution is 0.198. The fourth-order valence-electron chi connectivity index (χ4n) is 2.13. The third-order valence-electron chi connectivity index (χ3n) is 3.18. The summed E-state index contributed by atoms with van der Waals surface area (Å²) < 4.78 is 7.86. The van der Waals surface area contributed by atoms with E-state index in [-0.39, 0.29) is 0 Å². The van der Waals surface area contributed by atoms with Crippen LogP contribution < -0.4 is 0 Å². The van der Waals surface area contributed by atoms with Gasteiger partial charge >= 0.3 is 0 Å². The van der Waals surface area contributed by atoms with E-state index in [2.05, 4.69) is 27.8 Å². The number of ether oxygens (including phenoxy) is 1. The van der Waals surface area contributed by atoms with Crippen molar-refractivity contribution < 1.29 is 4.74 Å². The topological polar surface area (TPSA) is 26.5 Å².